The van der Waals surface area contributed by atoms with Gasteiger partial charge < -0.3 is 19.5 Å². The SMILES string of the molecule is CN(CC(c1ccc(OC(=O)c2cccc3ccccc23)cc1)c1nccn1C(=O)O)C(=O)OC(C)(C)C. The van der Waals surface area contributed by atoms with Crippen LogP contribution in [0.25, 0.3) is 10.8 Å². The first-order valence-electron chi connectivity index (χ1n) is 12.0. The molecule has 0 aliphatic heterocycles. The smallest absolute Gasteiger partial charge is 0.417 e. The molecule has 1 unspecified atom stereocenters. The predicted molar refractivity (Wildman–Crippen MR) is 142 cm³/mol. The van der Waals surface area contributed by atoms with E-state index in [-0.39, 0.29) is 12.4 Å². The minimum absolute atomic E-state index is 0.106. The zero-order valence-corrected chi connectivity index (χ0v) is 21.6. The number of aromatic nitrogens is 2. The van der Waals surface area contributed by atoms with Gasteiger partial charge in [-0.3, -0.25) is 0 Å². The number of ether oxygens (including phenoxy) is 2. The van der Waals surface area contributed by atoms with Crippen molar-refractivity contribution >= 4 is 28.9 Å². The van der Waals surface area contributed by atoms with E-state index in [0.717, 1.165) is 15.3 Å². The zero-order chi connectivity index (χ0) is 27.4. The molecule has 38 heavy (non-hydrogen) atoms. The fourth-order valence-electron chi connectivity index (χ4n) is 4.09. The summed E-state index contributed by atoms with van der Waals surface area (Å²) in [6.07, 6.45) is 1.00. The molecule has 4 rings (SSSR count). The van der Waals surface area contributed by atoms with Gasteiger partial charge in [-0.15, -0.1) is 0 Å². The molecule has 196 valence electrons. The largest absolute Gasteiger partial charge is 0.464 e. The van der Waals surface area contributed by atoms with Gasteiger partial charge in [-0.25, -0.2) is 23.9 Å². The Hall–Kier alpha value is -4.66. The summed E-state index contributed by atoms with van der Waals surface area (Å²) in [5.74, 6) is -0.514. The molecule has 0 radical (unpaired) electrons. The van der Waals surface area contributed by atoms with Crippen molar-refractivity contribution in [3.8, 4) is 5.75 Å². The molecule has 0 aliphatic rings. The van der Waals surface area contributed by atoms with E-state index >= 15 is 0 Å². The van der Waals surface area contributed by atoms with Crippen molar-refractivity contribution < 1.29 is 29.0 Å². The molecule has 1 heterocycles. The molecule has 1 amide bonds. The van der Waals surface area contributed by atoms with Gasteiger partial charge in [0.25, 0.3) is 0 Å². The maximum atomic E-state index is 12.9. The highest BCUT2D eigenvalue weighted by Crippen LogP contribution is 2.28. The number of carbonyl (C=O) groups is 3. The number of carboxylic acid groups (broad SMARTS) is 1. The Kier molecular flexibility index (Phi) is 7.47. The fourth-order valence-corrected chi connectivity index (χ4v) is 4.09. The standard InChI is InChI=1S/C29H29N3O6/c1-29(2,3)38-28(36)31(4)18-24(25-30-16-17-32(25)27(34)35)20-12-14-21(15-13-20)37-26(33)23-11-7-9-19-8-5-6-10-22(19)23/h5-17,24H,18H2,1-4H3,(H,34,35). The molecule has 4 aromatic rings. The molecule has 0 saturated carbocycles. The van der Waals surface area contributed by atoms with Crippen molar-refractivity contribution in [2.75, 3.05) is 13.6 Å². The second-order valence-electron chi connectivity index (χ2n) is 9.84. The highest BCUT2D eigenvalue weighted by molar-refractivity contribution is 6.05. The van der Waals surface area contributed by atoms with E-state index < -0.39 is 29.7 Å². The average Bonchev–Trinajstić information content (AvgIpc) is 3.36. The average molecular weight is 516 g/mol. The highest BCUT2D eigenvalue weighted by Gasteiger charge is 2.27. The Labute approximate surface area is 220 Å². The van der Waals surface area contributed by atoms with Crippen LogP contribution in [0, 0.1) is 0 Å². The Morgan fingerprint density at radius 1 is 1.00 bits per heavy atom. The molecule has 0 spiro atoms. The van der Waals surface area contributed by atoms with E-state index in [0.29, 0.717) is 16.9 Å². The number of benzene rings is 3. The molecular weight excluding hydrogens is 486 g/mol. The van der Waals surface area contributed by atoms with Crippen molar-refractivity contribution in [1.82, 2.24) is 14.5 Å². The quantitative estimate of drug-likeness (QED) is 0.256. The minimum Gasteiger partial charge on any atom is -0.464 e. The van der Waals surface area contributed by atoms with E-state index in [9.17, 15) is 19.5 Å². The van der Waals surface area contributed by atoms with Gasteiger partial charge in [0.05, 0.1) is 11.5 Å². The van der Waals surface area contributed by atoms with E-state index in [1.807, 2.05) is 30.3 Å². The summed E-state index contributed by atoms with van der Waals surface area (Å²) in [6.45, 7) is 5.41. The molecule has 0 fully saturated rings. The molecule has 1 atom stereocenters. The van der Waals surface area contributed by atoms with Crippen LogP contribution in [0.4, 0.5) is 9.59 Å². The summed E-state index contributed by atoms with van der Waals surface area (Å²) in [6, 6.07) is 19.7. The summed E-state index contributed by atoms with van der Waals surface area (Å²) >= 11 is 0. The van der Waals surface area contributed by atoms with Crippen LogP contribution in [0.3, 0.4) is 0 Å². The number of fused-ring (bicyclic) bond motifs is 1. The van der Waals surface area contributed by atoms with Crippen molar-refractivity contribution in [2.24, 2.45) is 0 Å². The molecule has 3 aromatic carbocycles. The van der Waals surface area contributed by atoms with Crippen LogP contribution in [-0.4, -0.2) is 56.9 Å². The van der Waals surface area contributed by atoms with E-state index in [1.165, 1.54) is 17.3 Å². The third-order valence-electron chi connectivity index (χ3n) is 5.85. The summed E-state index contributed by atoms with van der Waals surface area (Å²) in [7, 11) is 1.58. The number of rotatable bonds is 6. The molecule has 0 aliphatic carbocycles. The van der Waals surface area contributed by atoms with Crippen molar-refractivity contribution in [3.63, 3.8) is 0 Å². The third-order valence-corrected chi connectivity index (χ3v) is 5.85. The summed E-state index contributed by atoms with van der Waals surface area (Å²) in [4.78, 5) is 43.0. The molecule has 9 nitrogen and oxygen atoms in total. The molecule has 0 bridgehead atoms. The van der Waals surface area contributed by atoms with Crippen LogP contribution in [0.2, 0.25) is 0 Å². The monoisotopic (exact) mass is 515 g/mol. The first-order valence-corrected chi connectivity index (χ1v) is 12.0. The van der Waals surface area contributed by atoms with Gasteiger partial charge in [-0.05, 0) is 55.3 Å². The Morgan fingerprint density at radius 3 is 2.37 bits per heavy atom. The number of carbonyl (C=O) groups excluding carboxylic acids is 2. The maximum absolute atomic E-state index is 12.9. The van der Waals surface area contributed by atoms with Crippen LogP contribution in [-0.2, 0) is 4.74 Å². The highest BCUT2D eigenvalue weighted by atomic mass is 16.6. The van der Waals surface area contributed by atoms with Gasteiger partial charge in [0.2, 0.25) is 0 Å². The van der Waals surface area contributed by atoms with Gasteiger partial charge in [0.15, 0.2) is 0 Å². The van der Waals surface area contributed by atoms with Gasteiger partial charge in [-0.2, -0.15) is 0 Å². The topological polar surface area (TPSA) is 111 Å². The first kappa shape index (κ1) is 26.4. The van der Waals surface area contributed by atoms with Gasteiger partial charge in [0.1, 0.15) is 17.2 Å². The van der Waals surface area contributed by atoms with Crippen LogP contribution in [0.15, 0.2) is 79.1 Å². The summed E-state index contributed by atoms with van der Waals surface area (Å²) in [5, 5.41) is 11.4. The lowest BCUT2D eigenvalue weighted by molar-refractivity contribution is 0.0292. The predicted octanol–water partition coefficient (Wildman–Crippen LogP) is 5.78. The number of nitrogens with zero attached hydrogens (tertiary/aromatic N) is 3. The molecule has 1 aromatic heterocycles. The number of hydrogen-bond donors (Lipinski definition) is 1. The van der Waals surface area contributed by atoms with Crippen LogP contribution in [0.1, 0.15) is 48.4 Å². The molecule has 1 N–H and O–H groups in total. The summed E-state index contributed by atoms with van der Waals surface area (Å²) in [5.41, 5.74) is 0.447. The number of imidazole rings is 1. The van der Waals surface area contributed by atoms with Gasteiger partial charge in [0, 0.05) is 26.0 Å². The van der Waals surface area contributed by atoms with E-state index in [4.69, 9.17) is 9.47 Å². The van der Waals surface area contributed by atoms with Crippen molar-refractivity contribution in [3.05, 3.63) is 96.1 Å². The Bertz CT molecular complexity index is 1460. The Balaban J connectivity index is 1.59. The van der Waals surface area contributed by atoms with Crippen LogP contribution in [0.5, 0.6) is 5.75 Å². The second kappa shape index (κ2) is 10.8. The molecule has 9 heteroatoms. The number of esters is 1. The van der Waals surface area contributed by atoms with Crippen LogP contribution >= 0.6 is 0 Å². The third kappa shape index (κ3) is 6.00. The lowest BCUT2D eigenvalue weighted by Gasteiger charge is -2.27. The number of amides is 1. The van der Waals surface area contributed by atoms with Crippen molar-refractivity contribution in [2.45, 2.75) is 32.3 Å². The van der Waals surface area contributed by atoms with Gasteiger partial charge in [-0.1, -0.05) is 48.5 Å². The fraction of sp³-hybridized carbons (Fsp3) is 0.241. The van der Waals surface area contributed by atoms with E-state index in [1.54, 1.807) is 64.2 Å². The zero-order valence-electron chi connectivity index (χ0n) is 21.6. The Morgan fingerprint density at radius 2 is 1.68 bits per heavy atom. The van der Waals surface area contributed by atoms with E-state index in [2.05, 4.69) is 4.98 Å². The number of hydrogen-bond acceptors (Lipinski definition) is 6. The first-order chi connectivity index (χ1) is 18.0. The lowest BCUT2D eigenvalue weighted by atomic mass is 9.97. The van der Waals surface area contributed by atoms with Gasteiger partial charge >= 0.3 is 18.2 Å². The normalized spacial score (nSPS) is 12.1. The maximum Gasteiger partial charge on any atom is 0.417 e. The molecular formula is C29H29N3O6. The minimum atomic E-state index is -1.19. The molecule has 0 saturated heterocycles. The van der Waals surface area contributed by atoms with Crippen molar-refractivity contribution in [1.29, 1.82) is 0 Å². The lowest BCUT2D eigenvalue weighted by Crippen LogP contribution is -2.37. The second-order valence-corrected chi connectivity index (χ2v) is 9.84. The van der Waals surface area contributed by atoms with Crippen LogP contribution < -0.4 is 4.74 Å². The summed E-state index contributed by atoms with van der Waals surface area (Å²) < 4.78 is 12.1. The number of likely N-dealkylation sites (N-methyl/N-ethyl adjacent to an activating group) is 1.